The predicted molar refractivity (Wildman–Crippen MR) is 113 cm³/mol. The van der Waals surface area contributed by atoms with Crippen LogP contribution in [0.25, 0.3) is 0 Å². The van der Waals surface area contributed by atoms with Crippen LogP contribution in [0.5, 0.6) is 5.75 Å². The highest BCUT2D eigenvalue weighted by molar-refractivity contribution is 8.04. The van der Waals surface area contributed by atoms with Crippen molar-refractivity contribution in [1.29, 1.82) is 0 Å². The molecule has 0 saturated heterocycles. The highest BCUT2D eigenvalue weighted by Crippen LogP contribution is 2.33. The average molecular weight is 434 g/mol. The Kier molecular flexibility index (Phi) is 7.00. The Hall–Kier alpha value is -2.71. The summed E-state index contributed by atoms with van der Waals surface area (Å²) in [4.78, 5) is 29.8. The lowest BCUT2D eigenvalue weighted by atomic mass is 10.1. The molecule has 1 aromatic carbocycles. The smallest absolute Gasteiger partial charge is 0.265 e. The minimum atomic E-state index is -0.359. The molecule has 2 N–H and O–H groups in total. The van der Waals surface area contributed by atoms with Crippen LogP contribution in [0.3, 0.4) is 0 Å². The molecule has 1 aromatic heterocycles. The summed E-state index contributed by atoms with van der Waals surface area (Å²) in [5.41, 5.74) is 1.34. The number of halogens is 1. The largest absolute Gasteiger partial charge is 0.496 e. The molecule has 1 aliphatic rings. The van der Waals surface area contributed by atoms with E-state index in [4.69, 9.17) is 21.1 Å². The Labute approximate surface area is 177 Å². The number of allylic oxidation sites excluding steroid dienone is 1. The summed E-state index contributed by atoms with van der Waals surface area (Å²) in [5, 5.41) is 5.76. The summed E-state index contributed by atoms with van der Waals surface area (Å²) in [5.74, 6) is 0.895. The number of nitrogens with zero attached hydrogens (tertiary/aromatic N) is 1. The summed E-state index contributed by atoms with van der Waals surface area (Å²) >= 11 is 7.75. The lowest BCUT2D eigenvalue weighted by Gasteiger charge is -2.18. The molecule has 9 heteroatoms. The number of anilines is 1. The molecule has 2 aromatic rings. The Morgan fingerprint density at radius 3 is 2.83 bits per heavy atom. The highest BCUT2D eigenvalue weighted by Gasteiger charge is 2.21. The van der Waals surface area contributed by atoms with Gasteiger partial charge in [-0.2, -0.15) is 0 Å². The second kappa shape index (κ2) is 9.67. The molecule has 29 heavy (non-hydrogen) atoms. The van der Waals surface area contributed by atoms with E-state index in [0.717, 1.165) is 5.69 Å². The number of benzene rings is 1. The van der Waals surface area contributed by atoms with E-state index < -0.39 is 0 Å². The summed E-state index contributed by atoms with van der Waals surface area (Å²) in [6.45, 7) is 2.59. The van der Waals surface area contributed by atoms with Crippen LogP contribution in [-0.2, 0) is 16.1 Å². The van der Waals surface area contributed by atoms with Crippen LogP contribution < -0.4 is 15.4 Å². The highest BCUT2D eigenvalue weighted by atomic mass is 35.5. The molecule has 7 nitrogen and oxygen atoms in total. The third-order valence-electron chi connectivity index (χ3n) is 4.11. The van der Waals surface area contributed by atoms with E-state index in [0.29, 0.717) is 34.5 Å². The fraction of sp³-hybridized carbons (Fsp3) is 0.250. The lowest BCUT2D eigenvalue weighted by molar-refractivity contribution is -0.112. The molecule has 0 unspecified atom stereocenters. The number of thioether (sulfide) groups is 1. The van der Waals surface area contributed by atoms with Gasteiger partial charge in [-0.1, -0.05) is 17.7 Å². The van der Waals surface area contributed by atoms with Gasteiger partial charge in [0.05, 0.1) is 42.2 Å². The van der Waals surface area contributed by atoms with E-state index in [9.17, 15) is 9.59 Å². The molecule has 3 rings (SSSR count). The second-order valence-corrected chi connectivity index (χ2v) is 7.58. The van der Waals surface area contributed by atoms with E-state index in [-0.39, 0.29) is 28.9 Å². The maximum atomic E-state index is 12.6. The summed E-state index contributed by atoms with van der Waals surface area (Å²) in [6, 6.07) is 8.45. The summed E-state index contributed by atoms with van der Waals surface area (Å²) in [7, 11) is 1.45. The number of rotatable bonds is 6. The lowest BCUT2D eigenvalue weighted by Crippen LogP contribution is -2.24. The molecule has 0 saturated carbocycles. The van der Waals surface area contributed by atoms with Crippen molar-refractivity contribution in [3.8, 4) is 5.75 Å². The molecule has 0 radical (unpaired) electrons. The molecule has 0 fully saturated rings. The monoisotopic (exact) mass is 433 g/mol. The fourth-order valence-electron chi connectivity index (χ4n) is 2.67. The van der Waals surface area contributed by atoms with Crippen LogP contribution >= 0.6 is 23.4 Å². The van der Waals surface area contributed by atoms with E-state index in [1.165, 1.54) is 31.0 Å². The number of aromatic nitrogens is 1. The molecule has 0 atom stereocenters. The zero-order valence-corrected chi connectivity index (χ0v) is 17.5. The number of hydrogen-bond acceptors (Lipinski definition) is 6. The van der Waals surface area contributed by atoms with Gasteiger partial charge in [0.25, 0.3) is 11.8 Å². The molecule has 0 bridgehead atoms. The number of carbonyl (C=O) groups is 2. The van der Waals surface area contributed by atoms with Gasteiger partial charge in [0.15, 0.2) is 0 Å². The van der Waals surface area contributed by atoms with Crippen LogP contribution in [0.15, 0.2) is 47.2 Å². The number of carbonyl (C=O) groups excluding carboxylic acids is 2. The van der Waals surface area contributed by atoms with Crippen LogP contribution in [0.1, 0.15) is 23.0 Å². The zero-order valence-electron chi connectivity index (χ0n) is 16.0. The first-order valence-electron chi connectivity index (χ1n) is 8.83. The molecule has 2 amide bonds. The summed E-state index contributed by atoms with van der Waals surface area (Å²) in [6.07, 6.45) is 1.66. The third kappa shape index (κ3) is 5.21. The first-order chi connectivity index (χ1) is 14.0. The fourth-order valence-corrected chi connectivity index (χ4v) is 3.70. The van der Waals surface area contributed by atoms with Crippen molar-refractivity contribution in [2.45, 2.75) is 13.5 Å². The van der Waals surface area contributed by atoms with Crippen molar-refractivity contribution in [2.75, 3.05) is 24.8 Å². The van der Waals surface area contributed by atoms with Gasteiger partial charge < -0.3 is 20.1 Å². The first-order valence-corrected chi connectivity index (χ1v) is 10.2. The van der Waals surface area contributed by atoms with Crippen molar-refractivity contribution in [2.24, 2.45) is 0 Å². The number of pyridine rings is 1. The predicted octanol–water partition coefficient (Wildman–Crippen LogP) is 3.61. The molecule has 0 aliphatic carbocycles. The van der Waals surface area contributed by atoms with E-state index >= 15 is 0 Å². The normalized spacial score (nSPS) is 13.5. The minimum absolute atomic E-state index is 0.224. The Morgan fingerprint density at radius 2 is 2.14 bits per heavy atom. The maximum Gasteiger partial charge on any atom is 0.265 e. The average Bonchev–Trinajstić information content (AvgIpc) is 2.74. The molecule has 1 aliphatic heterocycles. The van der Waals surface area contributed by atoms with E-state index in [1.807, 2.05) is 12.1 Å². The van der Waals surface area contributed by atoms with Crippen molar-refractivity contribution >= 4 is 40.9 Å². The van der Waals surface area contributed by atoms with Crippen molar-refractivity contribution in [3.05, 3.63) is 63.5 Å². The maximum absolute atomic E-state index is 12.6. The zero-order chi connectivity index (χ0) is 20.8. The van der Waals surface area contributed by atoms with E-state index in [2.05, 4.69) is 15.6 Å². The quantitative estimate of drug-likeness (QED) is 0.723. The Balaban J connectivity index is 1.76. The van der Waals surface area contributed by atoms with Crippen molar-refractivity contribution < 1.29 is 19.1 Å². The SMILES string of the molecule is COc1cc(NC(=O)C2=C(C)OCCS2)c(Cl)cc1C(=O)NCc1ccccn1. The standard InChI is InChI=1S/C20H20ClN3O4S/c1-12-18(29-8-7-28-12)20(26)24-16-10-17(27-2)14(9-15(16)21)19(25)23-11-13-5-3-4-6-22-13/h3-6,9-10H,7-8,11H2,1-2H3,(H,23,25)(H,24,26). The number of methoxy groups -OCH3 is 1. The number of amides is 2. The molecule has 0 spiro atoms. The van der Waals surface area contributed by atoms with Gasteiger partial charge in [-0.15, -0.1) is 11.8 Å². The van der Waals surface area contributed by atoms with Crippen LogP contribution in [0.2, 0.25) is 5.02 Å². The number of ether oxygens (including phenoxy) is 2. The van der Waals surface area contributed by atoms with E-state index in [1.54, 1.807) is 19.2 Å². The first kappa shape index (κ1) is 21.0. The van der Waals surface area contributed by atoms with Crippen LogP contribution in [0, 0.1) is 0 Å². The molecule has 152 valence electrons. The van der Waals surface area contributed by atoms with Crippen LogP contribution in [-0.4, -0.2) is 36.3 Å². The van der Waals surface area contributed by atoms with Gasteiger partial charge in [-0.05, 0) is 25.1 Å². The number of nitrogens with one attached hydrogen (secondary N) is 2. The van der Waals surface area contributed by atoms with Gasteiger partial charge in [0.2, 0.25) is 0 Å². The minimum Gasteiger partial charge on any atom is -0.496 e. The molecular formula is C20H20ClN3O4S. The van der Waals surface area contributed by atoms with Gasteiger partial charge in [-0.3, -0.25) is 14.6 Å². The Bertz CT molecular complexity index is 950. The van der Waals surface area contributed by atoms with Crippen molar-refractivity contribution in [1.82, 2.24) is 10.3 Å². The topological polar surface area (TPSA) is 89.5 Å². The second-order valence-electron chi connectivity index (χ2n) is 6.07. The van der Waals surface area contributed by atoms with Crippen LogP contribution in [0.4, 0.5) is 5.69 Å². The van der Waals surface area contributed by atoms with Gasteiger partial charge >= 0.3 is 0 Å². The third-order valence-corrected chi connectivity index (χ3v) is 5.56. The molecule has 2 heterocycles. The van der Waals surface area contributed by atoms with Gasteiger partial charge in [-0.25, -0.2) is 0 Å². The van der Waals surface area contributed by atoms with Gasteiger partial charge in [0, 0.05) is 18.0 Å². The van der Waals surface area contributed by atoms with Crippen molar-refractivity contribution in [3.63, 3.8) is 0 Å². The number of hydrogen-bond donors (Lipinski definition) is 2. The summed E-state index contributed by atoms with van der Waals surface area (Å²) < 4.78 is 10.8. The van der Waals surface area contributed by atoms with Gasteiger partial charge in [0.1, 0.15) is 16.4 Å². The Morgan fingerprint density at radius 1 is 1.31 bits per heavy atom. The molecular weight excluding hydrogens is 414 g/mol.